The first kappa shape index (κ1) is 22.3. The molecule has 0 saturated carbocycles. The van der Waals surface area contributed by atoms with Gasteiger partial charge in [-0.25, -0.2) is 14.3 Å². The molecule has 0 aliphatic carbocycles. The quantitative estimate of drug-likeness (QED) is 0.740. The summed E-state index contributed by atoms with van der Waals surface area (Å²) in [6.45, 7) is 11.8. The highest BCUT2D eigenvalue weighted by atomic mass is 32.1. The van der Waals surface area contributed by atoms with E-state index in [1.165, 1.54) is 0 Å². The predicted octanol–water partition coefficient (Wildman–Crippen LogP) is 3.29. The van der Waals surface area contributed by atoms with Gasteiger partial charge in [-0.1, -0.05) is 20.8 Å². The lowest BCUT2D eigenvalue weighted by atomic mass is 9.96. The minimum Gasteiger partial charge on any atom is -0.494 e. The minimum atomic E-state index is -0.442. The molecule has 164 valence electrons. The summed E-state index contributed by atoms with van der Waals surface area (Å²) in [6, 6.07) is 3.69. The van der Waals surface area contributed by atoms with Crippen molar-refractivity contribution in [2.75, 3.05) is 52.3 Å². The molecule has 0 spiro atoms. The van der Waals surface area contributed by atoms with Crippen LogP contribution in [-0.4, -0.2) is 77.5 Å². The van der Waals surface area contributed by atoms with E-state index in [0.29, 0.717) is 33.4 Å². The van der Waals surface area contributed by atoms with Crippen LogP contribution in [0, 0.1) is 0 Å². The number of aromatic nitrogens is 2. The van der Waals surface area contributed by atoms with Crippen LogP contribution in [0.5, 0.6) is 5.75 Å². The second kappa shape index (κ2) is 8.77. The third-order valence-corrected chi connectivity index (χ3v) is 5.49. The fourth-order valence-corrected chi connectivity index (χ4v) is 3.74. The van der Waals surface area contributed by atoms with Gasteiger partial charge in [0.05, 0.1) is 30.4 Å². The van der Waals surface area contributed by atoms with Crippen molar-refractivity contribution >= 4 is 40.1 Å². The van der Waals surface area contributed by atoms with Gasteiger partial charge in [0.25, 0.3) is 0 Å². The lowest BCUT2D eigenvalue weighted by Gasteiger charge is -2.34. The molecule has 30 heavy (non-hydrogen) atoms. The van der Waals surface area contributed by atoms with Crippen molar-refractivity contribution in [3.05, 3.63) is 18.0 Å². The van der Waals surface area contributed by atoms with E-state index >= 15 is 0 Å². The van der Waals surface area contributed by atoms with Crippen LogP contribution < -0.4 is 10.1 Å². The van der Waals surface area contributed by atoms with E-state index in [0.717, 1.165) is 26.2 Å². The Balaban J connectivity index is 2.03. The summed E-state index contributed by atoms with van der Waals surface area (Å²) in [5.41, 5.74) is 1.67. The Morgan fingerprint density at radius 3 is 2.47 bits per heavy atom. The molecule has 1 aliphatic heterocycles. The zero-order valence-corrected chi connectivity index (χ0v) is 19.4. The van der Waals surface area contributed by atoms with Crippen LogP contribution in [0.25, 0.3) is 11.0 Å². The van der Waals surface area contributed by atoms with E-state index in [1.807, 2.05) is 32.9 Å². The monoisotopic (exact) mass is 433 g/mol. The summed E-state index contributed by atoms with van der Waals surface area (Å²) in [6.07, 6.45) is -0.442. The number of benzene rings is 1. The van der Waals surface area contributed by atoms with Crippen LogP contribution in [0.3, 0.4) is 0 Å². The number of fused-ring (bicyclic) bond motifs is 1. The number of nitrogens with one attached hydrogen (secondary N) is 1. The zero-order chi connectivity index (χ0) is 22.1. The molecule has 9 heteroatoms. The number of imidazole rings is 1. The van der Waals surface area contributed by atoms with E-state index < -0.39 is 6.09 Å². The van der Waals surface area contributed by atoms with E-state index in [-0.39, 0.29) is 12.0 Å². The first-order chi connectivity index (χ1) is 14.2. The number of carbonyl (C=O) groups is 1. The van der Waals surface area contributed by atoms with Gasteiger partial charge in [-0.05, 0) is 32.3 Å². The maximum Gasteiger partial charge on any atom is 0.419 e. The number of methoxy groups -OCH3 is 1. The number of anilines is 1. The van der Waals surface area contributed by atoms with E-state index in [1.54, 1.807) is 18.6 Å². The lowest BCUT2D eigenvalue weighted by molar-refractivity contribution is 0.153. The van der Waals surface area contributed by atoms with Gasteiger partial charge in [0.1, 0.15) is 11.6 Å². The molecule has 1 saturated heterocycles. The van der Waals surface area contributed by atoms with Crippen LogP contribution in [0.2, 0.25) is 0 Å². The van der Waals surface area contributed by atoms with Crippen molar-refractivity contribution in [1.29, 1.82) is 0 Å². The number of thiocarbonyl (C=S) groups is 1. The van der Waals surface area contributed by atoms with Crippen molar-refractivity contribution in [2.24, 2.45) is 0 Å². The van der Waals surface area contributed by atoms with Crippen molar-refractivity contribution in [3.63, 3.8) is 0 Å². The molecule has 2 heterocycles. The van der Waals surface area contributed by atoms with Crippen LogP contribution in [0.15, 0.2) is 12.1 Å². The number of rotatable bonds is 3. The van der Waals surface area contributed by atoms with Gasteiger partial charge in [-0.3, -0.25) is 0 Å². The normalized spacial score (nSPS) is 15.3. The number of likely N-dealkylation sites (N-methyl/N-ethyl adjacent to an activating group) is 1. The van der Waals surface area contributed by atoms with Gasteiger partial charge in [-0.2, -0.15) is 0 Å². The van der Waals surface area contributed by atoms with Gasteiger partial charge in [-0.15, -0.1) is 0 Å². The summed E-state index contributed by atoms with van der Waals surface area (Å²) in [5, 5.41) is 3.94. The third kappa shape index (κ3) is 4.52. The summed E-state index contributed by atoms with van der Waals surface area (Å²) in [5.74, 6) is 1.25. The molecule has 0 atom stereocenters. The molecule has 0 unspecified atom stereocenters. The molecule has 3 rings (SSSR count). The highest BCUT2D eigenvalue weighted by molar-refractivity contribution is 7.80. The molecule has 0 radical (unpaired) electrons. The SMILES string of the molecule is CCOC(=O)n1c(C(C)(C)C)nc2cc(OC)c(NC(=S)N3CCN(C)CC3)cc21. The standard InChI is InChI=1S/C21H31N5O3S/c1-7-29-20(27)26-16-12-15(23-19(30)25-10-8-24(5)9-11-25)17(28-6)13-14(16)22-18(26)21(2,3)4/h12-13H,7-11H2,1-6H3,(H,23,30). The Kier molecular flexibility index (Phi) is 6.52. The molecule has 1 aliphatic rings. The van der Waals surface area contributed by atoms with E-state index in [9.17, 15) is 4.79 Å². The van der Waals surface area contributed by atoms with E-state index in [2.05, 4.69) is 22.2 Å². The molecule has 1 aromatic heterocycles. The van der Waals surface area contributed by atoms with Crippen LogP contribution >= 0.6 is 12.2 Å². The smallest absolute Gasteiger partial charge is 0.419 e. The van der Waals surface area contributed by atoms with Gasteiger partial charge in [0.2, 0.25) is 0 Å². The van der Waals surface area contributed by atoms with Crippen LogP contribution in [0.1, 0.15) is 33.5 Å². The number of carbonyl (C=O) groups excluding carboxylic acids is 1. The van der Waals surface area contributed by atoms with Crippen molar-refractivity contribution in [1.82, 2.24) is 19.4 Å². The molecule has 1 N–H and O–H groups in total. The van der Waals surface area contributed by atoms with Gasteiger partial charge in [0.15, 0.2) is 5.11 Å². The first-order valence-electron chi connectivity index (χ1n) is 10.2. The van der Waals surface area contributed by atoms with Crippen molar-refractivity contribution in [3.8, 4) is 5.75 Å². The first-order valence-corrected chi connectivity index (χ1v) is 10.6. The molecule has 0 bridgehead atoms. The fourth-order valence-electron chi connectivity index (χ4n) is 3.45. The minimum absolute atomic E-state index is 0.289. The number of hydrogen-bond donors (Lipinski definition) is 1. The number of hydrogen-bond acceptors (Lipinski definition) is 6. The fraction of sp³-hybridized carbons (Fsp3) is 0.571. The molecule has 0 amide bonds. The Bertz CT molecular complexity index is 942. The van der Waals surface area contributed by atoms with Crippen molar-refractivity contribution in [2.45, 2.75) is 33.1 Å². The summed E-state index contributed by atoms with van der Waals surface area (Å²) in [7, 11) is 3.71. The highest BCUT2D eigenvalue weighted by Gasteiger charge is 2.28. The highest BCUT2D eigenvalue weighted by Crippen LogP contribution is 2.34. The Morgan fingerprint density at radius 2 is 1.90 bits per heavy atom. The van der Waals surface area contributed by atoms with Gasteiger partial charge in [0, 0.05) is 37.7 Å². The van der Waals surface area contributed by atoms with Gasteiger partial charge < -0.3 is 24.6 Å². The molecule has 2 aromatic rings. The molecule has 1 aromatic carbocycles. The van der Waals surface area contributed by atoms with Crippen LogP contribution in [-0.2, 0) is 10.2 Å². The maximum atomic E-state index is 12.8. The number of nitrogens with zero attached hydrogens (tertiary/aromatic N) is 4. The number of ether oxygens (including phenoxy) is 2. The second-order valence-electron chi connectivity index (χ2n) is 8.48. The predicted molar refractivity (Wildman–Crippen MR) is 123 cm³/mol. The Labute approximate surface area is 183 Å². The molecule has 1 fully saturated rings. The van der Waals surface area contributed by atoms with E-state index in [4.69, 9.17) is 26.7 Å². The Hall–Kier alpha value is -2.39. The second-order valence-corrected chi connectivity index (χ2v) is 8.87. The Morgan fingerprint density at radius 1 is 1.23 bits per heavy atom. The van der Waals surface area contributed by atoms with Crippen molar-refractivity contribution < 1.29 is 14.3 Å². The lowest BCUT2D eigenvalue weighted by Crippen LogP contribution is -2.48. The molecular formula is C21H31N5O3S. The summed E-state index contributed by atoms with van der Waals surface area (Å²) < 4.78 is 12.4. The average Bonchev–Trinajstić information content (AvgIpc) is 3.07. The van der Waals surface area contributed by atoms with Gasteiger partial charge >= 0.3 is 6.09 Å². The molecule has 8 nitrogen and oxygen atoms in total. The third-order valence-electron chi connectivity index (χ3n) is 5.13. The summed E-state index contributed by atoms with van der Waals surface area (Å²) >= 11 is 5.64. The largest absolute Gasteiger partial charge is 0.494 e. The average molecular weight is 434 g/mol. The maximum absolute atomic E-state index is 12.8. The number of piperazine rings is 1. The molecular weight excluding hydrogens is 402 g/mol. The topological polar surface area (TPSA) is 71.9 Å². The zero-order valence-electron chi connectivity index (χ0n) is 18.6. The summed E-state index contributed by atoms with van der Waals surface area (Å²) in [4.78, 5) is 21.9. The van der Waals surface area contributed by atoms with Crippen LogP contribution in [0.4, 0.5) is 10.5 Å².